The summed E-state index contributed by atoms with van der Waals surface area (Å²) in [6, 6.07) is 10.1. The Bertz CT molecular complexity index is 833. The minimum absolute atomic E-state index is 0.0729. The van der Waals surface area contributed by atoms with Gasteiger partial charge >= 0.3 is 5.97 Å². The lowest BCUT2D eigenvalue weighted by atomic mass is 10.1. The number of hydrogen-bond donors (Lipinski definition) is 2. The number of fused-ring (bicyclic) bond motifs is 1. The molecular formula is C15H12N2O5. The van der Waals surface area contributed by atoms with Crippen LogP contribution in [0.3, 0.4) is 0 Å². The van der Waals surface area contributed by atoms with E-state index in [0.29, 0.717) is 17.0 Å². The van der Waals surface area contributed by atoms with Crippen LogP contribution in [0, 0.1) is 0 Å². The quantitative estimate of drug-likeness (QED) is 0.746. The molecule has 0 aliphatic carbocycles. The molecule has 22 heavy (non-hydrogen) atoms. The van der Waals surface area contributed by atoms with Crippen LogP contribution in [0.2, 0.25) is 0 Å². The number of furan rings is 1. The number of benzene rings is 1. The summed E-state index contributed by atoms with van der Waals surface area (Å²) in [4.78, 5) is 22.6. The summed E-state index contributed by atoms with van der Waals surface area (Å²) in [5.41, 5.74) is 1.18. The third-order valence-corrected chi connectivity index (χ3v) is 3.11. The lowest BCUT2D eigenvalue weighted by Gasteiger charge is -2.01. The first-order chi connectivity index (χ1) is 10.6. The number of nitrogens with one attached hydrogen (secondary N) is 1. The van der Waals surface area contributed by atoms with Crippen molar-refractivity contribution in [1.82, 2.24) is 10.5 Å². The maximum atomic E-state index is 11.9. The number of rotatable bonds is 5. The normalized spacial score (nSPS) is 10.7. The van der Waals surface area contributed by atoms with Crippen LogP contribution in [-0.4, -0.2) is 22.1 Å². The van der Waals surface area contributed by atoms with E-state index >= 15 is 0 Å². The molecule has 112 valence electrons. The Balaban J connectivity index is 1.61. The van der Waals surface area contributed by atoms with Gasteiger partial charge in [0, 0.05) is 5.39 Å². The Morgan fingerprint density at radius 2 is 2.00 bits per heavy atom. The second-order valence-corrected chi connectivity index (χ2v) is 4.65. The number of para-hydroxylation sites is 1. The zero-order valence-corrected chi connectivity index (χ0v) is 11.4. The van der Waals surface area contributed by atoms with E-state index in [4.69, 9.17) is 14.0 Å². The molecule has 3 rings (SSSR count). The van der Waals surface area contributed by atoms with Crippen molar-refractivity contribution < 1.29 is 23.6 Å². The van der Waals surface area contributed by atoms with E-state index in [2.05, 4.69) is 10.5 Å². The molecular weight excluding hydrogens is 288 g/mol. The fourth-order valence-corrected chi connectivity index (χ4v) is 2.05. The van der Waals surface area contributed by atoms with Gasteiger partial charge in [-0.05, 0) is 24.3 Å². The lowest BCUT2D eigenvalue weighted by molar-refractivity contribution is -0.120. The fraction of sp³-hybridized carbons (Fsp3) is 0.133. The summed E-state index contributed by atoms with van der Waals surface area (Å²) in [6.07, 6.45) is 0.0729. The van der Waals surface area contributed by atoms with Crippen molar-refractivity contribution in [2.75, 3.05) is 0 Å². The SMILES string of the molecule is O=C(Cc1noc2ccccc12)NCc1ccc(C(=O)O)o1. The van der Waals surface area contributed by atoms with E-state index < -0.39 is 5.97 Å². The molecule has 0 saturated carbocycles. The summed E-state index contributed by atoms with van der Waals surface area (Å²) < 4.78 is 10.2. The fourth-order valence-electron chi connectivity index (χ4n) is 2.05. The van der Waals surface area contributed by atoms with Gasteiger partial charge in [0.2, 0.25) is 11.7 Å². The van der Waals surface area contributed by atoms with Crippen molar-refractivity contribution in [1.29, 1.82) is 0 Å². The number of aromatic nitrogens is 1. The van der Waals surface area contributed by atoms with E-state index in [9.17, 15) is 9.59 Å². The van der Waals surface area contributed by atoms with Crippen LogP contribution in [0.15, 0.2) is 45.3 Å². The van der Waals surface area contributed by atoms with Crippen LogP contribution in [0.4, 0.5) is 0 Å². The van der Waals surface area contributed by atoms with Crippen molar-refractivity contribution >= 4 is 22.8 Å². The molecule has 2 heterocycles. The Hall–Kier alpha value is -3.09. The first-order valence-corrected chi connectivity index (χ1v) is 6.55. The van der Waals surface area contributed by atoms with Gasteiger partial charge in [-0.2, -0.15) is 0 Å². The highest BCUT2D eigenvalue weighted by Gasteiger charge is 2.13. The molecule has 0 saturated heterocycles. The van der Waals surface area contributed by atoms with Gasteiger partial charge in [-0.1, -0.05) is 17.3 Å². The first-order valence-electron chi connectivity index (χ1n) is 6.55. The maximum Gasteiger partial charge on any atom is 0.371 e. The van der Waals surface area contributed by atoms with Gasteiger partial charge in [0.25, 0.3) is 0 Å². The van der Waals surface area contributed by atoms with Gasteiger partial charge < -0.3 is 19.4 Å². The molecule has 0 radical (unpaired) electrons. The largest absolute Gasteiger partial charge is 0.475 e. The summed E-state index contributed by atoms with van der Waals surface area (Å²) in [7, 11) is 0. The molecule has 2 aromatic heterocycles. The van der Waals surface area contributed by atoms with Crippen LogP contribution >= 0.6 is 0 Å². The maximum absolute atomic E-state index is 11.9. The minimum atomic E-state index is -1.15. The van der Waals surface area contributed by atoms with Gasteiger partial charge in [0.1, 0.15) is 11.5 Å². The number of aromatic carboxylic acids is 1. The summed E-state index contributed by atoms with van der Waals surface area (Å²) in [5.74, 6) is -1.19. The number of carboxylic acids is 1. The molecule has 0 bridgehead atoms. The minimum Gasteiger partial charge on any atom is -0.475 e. The number of amides is 1. The van der Waals surface area contributed by atoms with Gasteiger partial charge in [-0.3, -0.25) is 4.79 Å². The predicted molar refractivity (Wildman–Crippen MR) is 75.2 cm³/mol. The third kappa shape index (κ3) is 2.83. The molecule has 7 heteroatoms. The Morgan fingerprint density at radius 3 is 2.77 bits per heavy atom. The van der Waals surface area contributed by atoms with Gasteiger partial charge in [0.15, 0.2) is 5.58 Å². The van der Waals surface area contributed by atoms with E-state index in [1.54, 1.807) is 6.07 Å². The average Bonchev–Trinajstić information content (AvgIpc) is 3.13. The van der Waals surface area contributed by atoms with E-state index in [1.165, 1.54) is 12.1 Å². The van der Waals surface area contributed by atoms with Gasteiger partial charge in [-0.15, -0.1) is 0 Å². The highest BCUT2D eigenvalue weighted by molar-refractivity contribution is 5.86. The smallest absolute Gasteiger partial charge is 0.371 e. The molecule has 1 aromatic carbocycles. The van der Waals surface area contributed by atoms with E-state index in [1.807, 2.05) is 18.2 Å². The number of carboxylic acid groups (broad SMARTS) is 1. The van der Waals surface area contributed by atoms with Crippen LogP contribution in [0.1, 0.15) is 22.0 Å². The van der Waals surface area contributed by atoms with Crippen LogP contribution in [0.25, 0.3) is 11.0 Å². The molecule has 0 aliphatic heterocycles. The Kier molecular flexibility index (Phi) is 3.61. The molecule has 0 aliphatic rings. The number of hydrogen-bond acceptors (Lipinski definition) is 5. The van der Waals surface area contributed by atoms with E-state index in [0.717, 1.165) is 5.39 Å². The molecule has 0 atom stereocenters. The highest BCUT2D eigenvalue weighted by atomic mass is 16.5. The van der Waals surface area contributed by atoms with Crippen molar-refractivity contribution in [2.45, 2.75) is 13.0 Å². The van der Waals surface area contributed by atoms with Crippen LogP contribution in [-0.2, 0) is 17.8 Å². The first kappa shape index (κ1) is 13.9. The Labute approximate surface area is 124 Å². The van der Waals surface area contributed by atoms with Crippen LogP contribution in [0.5, 0.6) is 0 Å². The zero-order valence-electron chi connectivity index (χ0n) is 11.4. The summed E-state index contributed by atoms with van der Waals surface area (Å²) in [5, 5.41) is 16.1. The number of carbonyl (C=O) groups excluding carboxylic acids is 1. The van der Waals surface area contributed by atoms with Crippen molar-refractivity contribution in [3.05, 3.63) is 53.6 Å². The second-order valence-electron chi connectivity index (χ2n) is 4.65. The molecule has 2 N–H and O–H groups in total. The number of carbonyl (C=O) groups is 2. The van der Waals surface area contributed by atoms with Crippen LogP contribution < -0.4 is 5.32 Å². The van der Waals surface area contributed by atoms with Crippen molar-refractivity contribution in [3.63, 3.8) is 0 Å². The molecule has 7 nitrogen and oxygen atoms in total. The monoisotopic (exact) mass is 300 g/mol. The standard InChI is InChI=1S/C15H12N2O5/c18-14(16-8-9-5-6-13(21-9)15(19)20)7-11-10-3-1-2-4-12(10)22-17-11/h1-6H,7-8H2,(H,16,18)(H,19,20). The molecule has 1 amide bonds. The summed E-state index contributed by atoms with van der Waals surface area (Å²) in [6.45, 7) is 0.113. The number of nitrogens with zero attached hydrogens (tertiary/aromatic N) is 1. The second kappa shape index (κ2) is 5.72. The van der Waals surface area contributed by atoms with Gasteiger partial charge in [-0.25, -0.2) is 4.79 Å². The highest BCUT2D eigenvalue weighted by Crippen LogP contribution is 2.18. The Morgan fingerprint density at radius 1 is 1.18 bits per heavy atom. The average molecular weight is 300 g/mol. The molecule has 3 aromatic rings. The zero-order chi connectivity index (χ0) is 15.5. The summed E-state index contributed by atoms with van der Waals surface area (Å²) >= 11 is 0. The molecule has 0 spiro atoms. The predicted octanol–water partition coefficient (Wildman–Crippen LogP) is 1.98. The van der Waals surface area contributed by atoms with E-state index in [-0.39, 0.29) is 24.6 Å². The lowest BCUT2D eigenvalue weighted by Crippen LogP contribution is -2.24. The van der Waals surface area contributed by atoms with Crippen molar-refractivity contribution in [2.24, 2.45) is 0 Å². The topological polar surface area (TPSA) is 106 Å². The third-order valence-electron chi connectivity index (χ3n) is 3.11. The van der Waals surface area contributed by atoms with Gasteiger partial charge in [0.05, 0.1) is 13.0 Å². The van der Waals surface area contributed by atoms with Crippen molar-refractivity contribution in [3.8, 4) is 0 Å². The molecule has 0 unspecified atom stereocenters. The molecule has 0 fully saturated rings.